The number of nitrogens with one attached hydrogen (secondary N) is 2. The fourth-order valence-electron chi connectivity index (χ4n) is 4.30. The molecule has 0 saturated carbocycles. The molecule has 4 rings (SSSR count). The molecule has 0 amide bonds. The number of quaternary nitrogens is 1. The van der Waals surface area contributed by atoms with Gasteiger partial charge in [0.15, 0.2) is 10.9 Å². The lowest BCUT2D eigenvalue weighted by molar-refractivity contribution is -0.991. The van der Waals surface area contributed by atoms with Crippen LogP contribution < -0.4 is 25.9 Å². The zero-order chi connectivity index (χ0) is 25.1. The van der Waals surface area contributed by atoms with Crippen LogP contribution >= 0.6 is 11.3 Å². The van der Waals surface area contributed by atoms with Gasteiger partial charge in [0, 0.05) is 30.5 Å². The first-order chi connectivity index (χ1) is 16.8. The lowest BCUT2D eigenvalue weighted by Crippen LogP contribution is -2.99. The number of rotatable bonds is 8. The van der Waals surface area contributed by atoms with Gasteiger partial charge < -0.3 is 30.8 Å². The lowest BCUT2D eigenvalue weighted by atomic mass is 10.0. The van der Waals surface area contributed by atoms with Gasteiger partial charge in [0.25, 0.3) is 0 Å². The number of methoxy groups -OCH3 is 1. The number of hydrogen-bond donors (Lipinski definition) is 4. The van der Waals surface area contributed by atoms with E-state index < -0.39 is 11.0 Å². The number of para-hydroxylation sites is 1. The average Bonchev–Trinajstić information content (AvgIpc) is 3.23. The Balaban J connectivity index is 1.48. The zero-order valence-electron chi connectivity index (χ0n) is 19.9. The zero-order valence-corrected chi connectivity index (χ0v) is 20.8. The van der Waals surface area contributed by atoms with Gasteiger partial charge in [-0.05, 0) is 63.3 Å². The Morgan fingerprint density at radius 1 is 1.26 bits per heavy atom. The second-order valence-electron chi connectivity index (χ2n) is 8.60. The summed E-state index contributed by atoms with van der Waals surface area (Å²) in [5.74, 6) is -0.362. The van der Waals surface area contributed by atoms with Crippen molar-refractivity contribution >= 4 is 45.1 Å². The minimum absolute atomic E-state index is 0.00106. The van der Waals surface area contributed by atoms with Crippen LogP contribution in [0.5, 0.6) is 5.75 Å². The molecule has 1 aromatic heterocycles. The largest absolute Gasteiger partial charge is 0.595 e. The molecule has 11 heteroatoms. The Labute approximate surface area is 208 Å². The minimum Gasteiger partial charge on any atom is -0.595 e. The molecular weight excluding hydrogens is 468 g/mol. The normalized spacial score (nSPS) is 15.3. The van der Waals surface area contributed by atoms with Crippen molar-refractivity contribution in [1.29, 1.82) is 0 Å². The van der Waals surface area contributed by atoms with E-state index in [-0.39, 0.29) is 27.7 Å². The Morgan fingerprint density at radius 3 is 2.54 bits per heavy atom. The molecule has 1 unspecified atom stereocenters. The number of thiazole rings is 1. The third-order valence-corrected chi connectivity index (χ3v) is 7.23. The van der Waals surface area contributed by atoms with E-state index in [2.05, 4.69) is 46.3 Å². The maximum Gasteiger partial charge on any atom is 0.217 e. The van der Waals surface area contributed by atoms with E-state index in [0.29, 0.717) is 11.2 Å². The predicted molar refractivity (Wildman–Crippen MR) is 137 cm³/mol. The Bertz CT molecular complexity index is 1170. The topological polar surface area (TPSA) is 131 Å². The molecule has 1 aliphatic rings. The number of hydrogen-bond acceptors (Lipinski definition) is 10. The van der Waals surface area contributed by atoms with Crippen LogP contribution in [0, 0.1) is 5.21 Å². The maximum absolute atomic E-state index is 13.1. The molecule has 0 radical (unpaired) electrons. The van der Waals surface area contributed by atoms with Crippen LogP contribution in [-0.2, 0) is 0 Å². The highest BCUT2D eigenvalue weighted by Gasteiger charge is 2.26. The van der Waals surface area contributed by atoms with Gasteiger partial charge in [-0.1, -0.05) is 17.4 Å². The van der Waals surface area contributed by atoms with E-state index in [4.69, 9.17) is 10.5 Å². The molecule has 3 aromatic rings. The molecule has 1 fully saturated rings. The van der Waals surface area contributed by atoms with Gasteiger partial charge in [0.1, 0.15) is 10.7 Å². The number of carbonyl (C=O) groups is 1. The fourth-order valence-corrected chi connectivity index (χ4v) is 5.16. The van der Waals surface area contributed by atoms with Crippen LogP contribution in [0.3, 0.4) is 0 Å². The van der Waals surface area contributed by atoms with E-state index in [1.807, 2.05) is 12.1 Å². The summed E-state index contributed by atoms with van der Waals surface area (Å²) >= 11 is 1.08. The summed E-state index contributed by atoms with van der Waals surface area (Å²) in [6, 6.07) is 13.2. The number of piperidine rings is 1. The number of ether oxygens (including phenoxy) is 1. The second kappa shape index (κ2) is 10.6. The summed E-state index contributed by atoms with van der Waals surface area (Å²) in [6.07, 6.45) is 2.28. The van der Waals surface area contributed by atoms with Gasteiger partial charge in [-0.25, -0.2) is 10.2 Å². The van der Waals surface area contributed by atoms with Crippen LogP contribution in [0.2, 0.25) is 0 Å². The highest BCUT2D eigenvalue weighted by atomic mass is 32.1. The molecule has 2 heterocycles. The van der Waals surface area contributed by atoms with Crippen molar-refractivity contribution in [2.24, 2.45) is 0 Å². The molecule has 1 atom stereocenters. The number of nitrogens with zero attached hydrogens (tertiary/aromatic N) is 3. The molecule has 0 spiro atoms. The lowest BCUT2D eigenvalue weighted by Gasteiger charge is -2.36. The monoisotopic (exact) mass is 498 g/mol. The molecule has 5 N–H and O–H groups in total. The number of benzene rings is 2. The van der Waals surface area contributed by atoms with E-state index in [1.165, 1.54) is 24.9 Å². The van der Waals surface area contributed by atoms with Gasteiger partial charge in [0.05, 0.1) is 12.7 Å². The minimum atomic E-state index is -1.25. The van der Waals surface area contributed by atoms with Crippen molar-refractivity contribution in [2.75, 3.05) is 50.2 Å². The number of carbonyl (C=O) groups excluding carboxylic acids is 1. The molecule has 0 aliphatic carbocycles. The van der Waals surface area contributed by atoms with Crippen LogP contribution in [0.25, 0.3) is 0 Å². The third-order valence-electron chi connectivity index (χ3n) is 6.24. The SMILES string of the molecule is COc1cccc(C(=O)c2sc(Nc3ccc(N4CCC(N(C)C)CC4)cc3)nc2N)c1[NH+]([O-])O. The number of ketones is 1. The number of aromatic nitrogens is 1. The van der Waals surface area contributed by atoms with Crippen molar-refractivity contribution in [3.63, 3.8) is 0 Å². The third kappa shape index (κ3) is 5.39. The van der Waals surface area contributed by atoms with Crippen LogP contribution in [0.4, 0.5) is 28.0 Å². The molecule has 1 saturated heterocycles. The molecule has 186 valence electrons. The van der Waals surface area contributed by atoms with Crippen molar-refractivity contribution in [3.05, 3.63) is 58.1 Å². The van der Waals surface area contributed by atoms with Crippen molar-refractivity contribution in [2.45, 2.75) is 18.9 Å². The standard InChI is InChI=1S/C24H30N6O4S/c1-28(2)16-11-13-29(14-12-16)17-9-7-15(8-10-17)26-24-27-23(25)22(35-24)21(31)18-5-4-6-19(34-3)20(18)30(32)33/h4-10,16,30,32H,11-14,25H2,1-3H3,(H,26,27). The van der Waals surface area contributed by atoms with E-state index in [0.717, 1.165) is 43.0 Å². The van der Waals surface area contributed by atoms with Crippen molar-refractivity contribution < 1.29 is 20.0 Å². The van der Waals surface area contributed by atoms with Gasteiger partial charge in [-0.15, -0.1) is 0 Å². The number of nitrogens with two attached hydrogens (primary N) is 1. The second-order valence-corrected chi connectivity index (χ2v) is 9.60. The molecule has 10 nitrogen and oxygen atoms in total. The first-order valence-corrected chi connectivity index (χ1v) is 12.1. The highest BCUT2D eigenvalue weighted by Crippen LogP contribution is 2.33. The summed E-state index contributed by atoms with van der Waals surface area (Å²) in [4.78, 5) is 22.3. The predicted octanol–water partition coefficient (Wildman–Crippen LogP) is 2.64. The van der Waals surface area contributed by atoms with Crippen LogP contribution in [0.1, 0.15) is 28.1 Å². The van der Waals surface area contributed by atoms with E-state index in [1.54, 1.807) is 6.07 Å². The van der Waals surface area contributed by atoms with Crippen molar-refractivity contribution in [3.8, 4) is 5.75 Å². The molecule has 1 aliphatic heterocycles. The first kappa shape index (κ1) is 24.9. The summed E-state index contributed by atoms with van der Waals surface area (Å²) in [6.45, 7) is 2.04. The van der Waals surface area contributed by atoms with E-state index >= 15 is 0 Å². The first-order valence-electron chi connectivity index (χ1n) is 11.3. The Hall–Kier alpha value is -3.22. The highest BCUT2D eigenvalue weighted by molar-refractivity contribution is 7.18. The molecule has 35 heavy (non-hydrogen) atoms. The van der Waals surface area contributed by atoms with Gasteiger partial charge >= 0.3 is 0 Å². The Morgan fingerprint density at radius 2 is 1.94 bits per heavy atom. The molecule has 0 bridgehead atoms. The quantitative estimate of drug-likeness (QED) is 0.273. The average molecular weight is 499 g/mol. The van der Waals surface area contributed by atoms with Gasteiger partial charge in [-0.2, -0.15) is 5.23 Å². The van der Waals surface area contributed by atoms with Gasteiger partial charge in [0.2, 0.25) is 11.5 Å². The summed E-state index contributed by atoms with van der Waals surface area (Å²) < 4.78 is 5.12. The maximum atomic E-state index is 13.1. The summed E-state index contributed by atoms with van der Waals surface area (Å²) in [5.41, 5.74) is 7.82. The number of anilines is 4. The van der Waals surface area contributed by atoms with Crippen LogP contribution in [-0.4, -0.2) is 61.2 Å². The summed E-state index contributed by atoms with van der Waals surface area (Å²) in [5, 5.41) is 23.8. The number of nitrogen functional groups attached to an aromatic ring is 1. The summed E-state index contributed by atoms with van der Waals surface area (Å²) in [7, 11) is 5.62. The fraction of sp³-hybridized carbons (Fsp3) is 0.333. The molecular formula is C24H30N6O4S. The van der Waals surface area contributed by atoms with Crippen LogP contribution in [0.15, 0.2) is 42.5 Å². The van der Waals surface area contributed by atoms with Gasteiger partial charge in [-0.3, -0.25) is 4.79 Å². The smallest absolute Gasteiger partial charge is 0.217 e. The Kier molecular flexibility index (Phi) is 7.53. The van der Waals surface area contributed by atoms with Crippen molar-refractivity contribution in [1.82, 2.24) is 9.88 Å². The van der Waals surface area contributed by atoms with E-state index in [9.17, 15) is 15.2 Å². The molecule has 2 aromatic carbocycles.